The molecule has 1 aliphatic rings. The second-order valence-corrected chi connectivity index (χ2v) is 7.97. The molecule has 1 heterocycles. The highest BCUT2D eigenvalue weighted by Gasteiger charge is 2.43. The Balaban J connectivity index is 1.93. The molecular weight excluding hydrogens is 372 g/mol. The van der Waals surface area contributed by atoms with Crippen LogP contribution in [0.4, 0.5) is 5.69 Å². The fourth-order valence-electron chi connectivity index (χ4n) is 3.70. The Morgan fingerprint density at radius 1 is 1.28 bits per heavy atom. The largest absolute Gasteiger partial charge is 0.484 e. The van der Waals surface area contributed by atoms with Crippen molar-refractivity contribution in [1.29, 1.82) is 0 Å². The number of rotatable bonds is 7. The van der Waals surface area contributed by atoms with E-state index in [9.17, 15) is 20.0 Å². The summed E-state index contributed by atoms with van der Waals surface area (Å²) in [6, 6.07) is 12.5. The van der Waals surface area contributed by atoms with Gasteiger partial charge in [-0.15, -0.1) is 0 Å². The van der Waals surface area contributed by atoms with Crippen molar-refractivity contribution in [2.75, 3.05) is 6.54 Å². The van der Waals surface area contributed by atoms with E-state index in [-0.39, 0.29) is 17.9 Å². The van der Waals surface area contributed by atoms with Crippen LogP contribution in [0.15, 0.2) is 42.5 Å². The first kappa shape index (κ1) is 21.0. The molecule has 2 unspecified atom stereocenters. The first-order valence-electron chi connectivity index (χ1n) is 9.64. The SMILES string of the molecule is CC(=O)Cc1cc2c(cc1[N+](=O)[O-])OC(C)(C)C(O)C2NCCc1ccccc1. The van der Waals surface area contributed by atoms with Crippen LogP contribution in [0, 0.1) is 10.1 Å². The van der Waals surface area contributed by atoms with Crippen LogP contribution in [0.2, 0.25) is 0 Å². The number of aliphatic hydroxyl groups excluding tert-OH is 1. The van der Waals surface area contributed by atoms with Crippen molar-refractivity contribution >= 4 is 11.5 Å². The Bertz CT molecular complexity index is 911. The molecule has 1 aliphatic heterocycles. The number of nitro groups is 1. The zero-order valence-corrected chi connectivity index (χ0v) is 16.8. The van der Waals surface area contributed by atoms with Gasteiger partial charge >= 0.3 is 0 Å². The van der Waals surface area contributed by atoms with Crippen molar-refractivity contribution in [2.45, 2.75) is 51.4 Å². The summed E-state index contributed by atoms with van der Waals surface area (Å²) >= 11 is 0. The van der Waals surface area contributed by atoms with E-state index in [0.29, 0.717) is 23.4 Å². The third-order valence-electron chi connectivity index (χ3n) is 5.20. The van der Waals surface area contributed by atoms with E-state index in [1.807, 2.05) is 30.3 Å². The van der Waals surface area contributed by atoms with E-state index in [0.717, 1.165) is 6.42 Å². The van der Waals surface area contributed by atoms with E-state index in [4.69, 9.17) is 4.74 Å². The van der Waals surface area contributed by atoms with Gasteiger partial charge in [-0.1, -0.05) is 30.3 Å². The molecule has 0 aromatic heterocycles. The zero-order chi connectivity index (χ0) is 21.2. The van der Waals surface area contributed by atoms with Crippen LogP contribution in [0.5, 0.6) is 5.75 Å². The maximum absolute atomic E-state index is 11.6. The van der Waals surface area contributed by atoms with E-state index < -0.39 is 22.7 Å². The summed E-state index contributed by atoms with van der Waals surface area (Å²) in [6.07, 6.45) is -0.134. The average molecular weight is 398 g/mol. The van der Waals surface area contributed by atoms with Gasteiger partial charge in [0.2, 0.25) is 0 Å². The quantitative estimate of drug-likeness (QED) is 0.549. The lowest BCUT2D eigenvalue weighted by molar-refractivity contribution is -0.385. The molecule has 2 N–H and O–H groups in total. The molecule has 0 bridgehead atoms. The molecule has 2 aromatic rings. The molecule has 2 aromatic carbocycles. The molecule has 0 spiro atoms. The van der Waals surface area contributed by atoms with E-state index in [1.165, 1.54) is 18.6 Å². The van der Waals surface area contributed by atoms with Crippen molar-refractivity contribution in [1.82, 2.24) is 5.32 Å². The monoisotopic (exact) mass is 398 g/mol. The van der Waals surface area contributed by atoms with Crippen molar-refractivity contribution in [3.05, 3.63) is 69.3 Å². The molecule has 154 valence electrons. The number of nitrogens with one attached hydrogen (secondary N) is 1. The number of nitro benzene ring substituents is 1. The predicted molar refractivity (Wildman–Crippen MR) is 109 cm³/mol. The van der Waals surface area contributed by atoms with Gasteiger partial charge in [-0.05, 0) is 45.4 Å². The zero-order valence-electron chi connectivity index (χ0n) is 16.8. The van der Waals surface area contributed by atoms with Crippen LogP contribution < -0.4 is 10.1 Å². The molecule has 0 aliphatic carbocycles. The van der Waals surface area contributed by atoms with Gasteiger partial charge in [0.05, 0.1) is 17.0 Å². The minimum Gasteiger partial charge on any atom is -0.484 e. The number of benzene rings is 2. The standard InChI is InChI=1S/C22H26N2O5/c1-14(25)11-16-12-17-19(13-18(16)24(27)28)29-22(2,3)21(26)20(17)23-10-9-15-7-5-4-6-8-15/h4-8,12-13,20-21,23,26H,9-11H2,1-3H3. The number of nitrogens with zero attached hydrogens (tertiary/aromatic N) is 1. The molecule has 7 nitrogen and oxygen atoms in total. The second-order valence-electron chi connectivity index (χ2n) is 7.97. The highest BCUT2D eigenvalue weighted by Crippen LogP contribution is 2.43. The summed E-state index contributed by atoms with van der Waals surface area (Å²) in [5.74, 6) is 0.191. The lowest BCUT2D eigenvalue weighted by Crippen LogP contribution is -2.52. The smallest absolute Gasteiger partial charge is 0.276 e. The van der Waals surface area contributed by atoms with Gasteiger partial charge in [0.15, 0.2) is 0 Å². The van der Waals surface area contributed by atoms with Crippen LogP contribution in [0.3, 0.4) is 0 Å². The topological polar surface area (TPSA) is 102 Å². The number of ether oxygens (including phenoxy) is 1. The Kier molecular flexibility index (Phi) is 6.00. The van der Waals surface area contributed by atoms with Crippen LogP contribution in [-0.2, 0) is 17.6 Å². The number of carbonyl (C=O) groups excluding carboxylic acids is 1. The van der Waals surface area contributed by atoms with E-state index in [1.54, 1.807) is 19.9 Å². The van der Waals surface area contributed by atoms with E-state index in [2.05, 4.69) is 5.32 Å². The molecule has 0 fully saturated rings. The number of aliphatic hydroxyl groups is 1. The molecule has 0 saturated heterocycles. The number of carbonyl (C=O) groups is 1. The molecule has 0 radical (unpaired) electrons. The first-order chi connectivity index (χ1) is 13.7. The summed E-state index contributed by atoms with van der Waals surface area (Å²) in [6.45, 7) is 5.51. The van der Waals surface area contributed by atoms with Crippen molar-refractivity contribution < 1.29 is 19.6 Å². The summed E-state index contributed by atoms with van der Waals surface area (Å²) in [5, 5.41) is 25.8. The maximum Gasteiger partial charge on any atom is 0.276 e. The van der Waals surface area contributed by atoms with Gasteiger partial charge in [-0.25, -0.2) is 0 Å². The van der Waals surface area contributed by atoms with Crippen LogP contribution in [0.25, 0.3) is 0 Å². The highest BCUT2D eigenvalue weighted by atomic mass is 16.6. The third kappa shape index (κ3) is 4.63. The molecule has 29 heavy (non-hydrogen) atoms. The average Bonchev–Trinajstić information content (AvgIpc) is 2.65. The molecule has 7 heteroatoms. The molecule has 3 rings (SSSR count). The third-order valence-corrected chi connectivity index (χ3v) is 5.20. The lowest BCUT2D eigenvalue weighted by Gasteiger charge is -2.42. The lowest BCUT2D eigenvalue weighted by atomic mass is 9.85. The van der Waals surface area contributed by atoms with Gasteiger partial charge in [0.25, 0.3) is 5.69 Å². The van der Waals surface area contributed by atoms with Crippen LogP contribution in [0.1, 0.15) is 43.5 Å². The van der Waals surface area contributed by atoms with Gasteiger partial charge in [-0.3, -0.25) is 14.9 Å². The number of hydrogen-bond donors (Lipinski definition) is 2. The molecule has 2 atom stereocenters. The number of ketones is 1. The predicted octanol–water partition coefficient (Wildman–Crippen LogP) is 3.13. The Labute approximate surface area is 169 Å². The number of Topliss-reactive ketones (excluding diaryl/α,β-unsaturated/α-hetero) is 1. The number of fused-ring (bicyclic) bond motifs is 1. The van der Waals surface area contributed by atoms with Gasteiger partial charge < -0.3 is 15.2 Å². The van der Waals surface area contributed by atoms with Crippen LogP contribution >= 0.6 is 0 Å². The Morgan fingerprint density at radius 2 is 1.97 bits per heavy atom. The normalized spacial score (nSPS) is 19.9. The summed E-state index contributed by atoms with van der Waals surface area (Å²) in [7, 11) is 0. The number of hydrogen-bond acceptors (Lipinski definition) is 6. The van der Waals surface area contributed by atoms with Gasteiger partial charge in [0, 0.05) is 17.5 Å². The Hall–Kier alpha value is -2.77. The molecule has 0 saturated carbocycles. The van der Waals surface area contributed by atoms with Gasteiger partial charge in [-0.2, -0.15) is 0 Å². The molecular formula is C22H26N2O5. The minimum absolute atomic E-state index is 0.0418. The summed E-state index contributed by atoms with van der Waals surface area (Å²) in [4.78, 5) is 22.6. The summed E-state index contributed by atoms with van der Waals surface area (Å²) < 4.78 is 5.90. The highest BCUT2D eigenvalue weighted by molar-refractivity contribution is 5.79. The molecule has 0 amide bonds. The Morgan fingerprint density at radius 3 is 2.59 bits per heavy atom. The first-order valence-corrected chi connectivity index (χ1v) is 9.64. The van der Waals surface area contributed by atoms with Crippen molar-refractivity contribution in [3.63, 3.8) is 0 Å². The fraction of sp³-hybridized carbons (Fsp3) is 0.409. The van der Waals surface area contributed by atoms with Gasteiger partial charge in [0.1, 0.15) is 23.2 Å². The van der Waals surface area contributed by atoms with Crippen molar-refractivity contribution in [2.24, 2.45) is 0 Å². The maximum atomic E-state index is 11.6. The van der Waals surface area contributed by atoms with E-state index >= 15 is 0 Å². The summed E-state index contributed by atoms with van der Waals surface area (Å²) in [5.41, 5.74) is 1.06. The van der Waals surface area contributed by atoms with Crippen LogP contribution in [-0.4, -0.2) is 34.1 Å². The minimum atomic E-state index is -0.923. The fourth-order valence-corrected chi connectivity index (χ4v) is 3.70. The second kappa shape index (κ2) is 8.31. The van der Waals surface area contributed by atoms with Crippen molar-refractivity contribution in [3.8, 4) is 5.75 Å².